The van der Waals surface area contributed by atoms with E-state index in [2.05, 4.69) is 39.3 Å². The van der Waals surface area contributed by atoms with Gasteiger partial charge >= 0.3 is 0 Å². The zero-order valence-electron chi connectivity index (χ0n) is 21.0. The standard InChI is InChI=1S/C28H50Si2/c1-29(2,3)25-15-23-21-14-18-10-8-12-20-26(30(4,5)6)16-24(28(18)20)22(21)13-17-9-7-11-19(25)27(17)23/h17-28H,7-16H2,1-6H3. The van der Waals surface area contributed by atoms with Gasteiger partial charge in [-0.3, -0.25) is 0 Å². The number of hydrogen-bond donors (Lipinski definition) is 0. The average molecular weight is 443 g/mol. The van der Waals surface area contributed by atoms with Crippen molar-refractivity contribution in [2.45, 2.75) is 115 Å². The molecule has 0 nitrogen and oxygen atoms in total. The SMILES string of the molecule is C[Si](C)(C)C1CC2C3CC4CCCC5C4C(CC5[Si](C)(C)C)C3CC3CCCC1C32. The van der Waals surface area contributed by atoms with Crippen molar-refractivity contribution < 1.29 is 0 Å². The Morgan fingerprint density at radius 3 is 1.20 bits per heavy atom. The van der Waals surface area contributed by atoms with Crippen LogP contribution in [0, 0.1) is 59.2 Å². The fraction of sp³-hybridized carbons (Fsp3) is 1.00. The Morgan fingerprint density at radius 2 is 0.833 bits per heavy atom. The number of hydrogen-bond acceptors (Lipinski definition) is 0. The van der Waals surface area contributed by atoms with Crippen molar-refractivity contribution in [3.63, 3.8) is 0 Å². The molecule has 0 aromatic rings. The van der Waals surface area contributed by atoms with E-state index < -0.39 is 16.1 Å². The summed E-state index contributed by atoms with van der Waals surface area (Å²) in [7, 11) is -2.06. The van der Waals surface area contributed by atoms with Gasteiger partial charge in [-0.25, -0.2) is 0 Å². The number of rotatable bonds is 2. The molecule has 0 radical (unpaired) electrons. The highest BCUT2D eigenvalue weighted by atomic mass is 28.3. The third-order valence-electron chi connectivity index (χ3n) is 12.4. The lowest BCUT2D eigenvalue weighted by molar-refractivity contribution is -0.0807. The van der Waals surface area contributed by atoms with E-state index in [1.807, 2.05) is 0 Å². The third kappa shape index (κ3) is 3.00. The Balaban J connectivity index is 1.35. The molecule has 0 N–H and O–H groups in total. The van der Waals surface area contributed by atoms with Gasteiger partial charge < -0.3 is 0 Å². The Hall–Kier alpha value is 0.434. The summed E-state index contributed by atoms with van der Waals surface area (Å²) >= 11 is 0. The van der Waals surface area contributed by atoms with Gasteiger partial charge in [-0.1, -0.05) is 77.8 Å². The highest BCUT2D eigenvalue weighted by Crippen LogP contribution is 2.71. The van der Waals surface area contributed by atoms with Crippen LogP contribution in [-0.2, 0) is 0 Å². The summed E-state index contributed by atoms with van der Waals surface area (Å²) in [5.74, 6) is 11.5. The summed E-state index contributed by atoms with van der Waals surface area (Å²) in [5.41, 5.74) is 2.31. The second-order valence-electron chi connectivity index (χ2n) is 15.4. The fourth-order valence-corrected chi connectivity index (χ4v) is 17.0. The average Bonchev–Trinajstić information content (AvgIpc) is 3.25. The molecule has 0 aliphatic heterocycles. The van der Waals surface area contributed by atoms with Crippen molar-refractivity contribution >= 4 is 16.1 Å². The molecule has 0 aromatic heterocycles. The zero-order chi connectivity index (χ0) is 21.0. The van der Waals surface area contributed by atoms with Crippen LogP contribution in [0.1, 0.15) is 64.2 Å². The first-order chi connectivity index (χ1) is 14.1. The molecule has 12 unspecified atom stereocenters. The molecule has 12 atom stereocenters. The van der Waals surface area contributed by atoms with Gasteiger partial charge in [-0.15, -0.1) is 0 Å². The summed E-state index contributed by atoms with van der Waals surface area (Å²) in [6.07, 6.45) is 16.3. The van der Waals surface area contributed by atoms with Crippen molar-refractivity contribution in [1.29, 1.82) is 0 Å². The lowest BCUT2D eigenvalue weighted by Gasteiger charge is -2.57. The maximum absolute atomic E-state index is 2.72. The first-order valence-corrected chi connectivity index (χ1v) is 21.3. The van der Waals surface area contributed by atoms with Crippen molar-refractivity contribution in [1.82, 2.24) is 0 Å². The predicted octanol–water partition coefficient (Wildman–Crippen LogP) is 8.55. The van der Waals surface area contributed by atoms with Crippen LogP contribution in [0.2, 0.25) is 50.4 Å². The molecular weight excluding hydrogens is 392 g/mol. The maximum Gasteiger partial charge on any atom is 0.0476 e. The Morgan fingerprint density at radius 1 is 0.433 bits per heavy atom. The molecule has 6 aliphatic rings. The molecule has 170 valence electrons. The van der Waals surface area contributed by atoms with Gasteiger partial charge in [-0.2, -0.15) is 0 Å². The minimum Gasteiger partial charge on any atom is -0.0693 e. The molecular formula is C28H50Si2. The van der Waals surface area contributed by atoms with Crippen LogP contribution >= 0.6 is 0 Å². The second-order valence-corrected chi connectivity index (χ2v) is 26.4. The van der Waals surface area contributed by atoms with Crippen LogP contribution in [0.4, 0.5) is 0 Å². The van der Waals surface area contributed by atoms with Gasteiger partial charge in [0.05, 0.1) is 0 Å². The Kier molecular flexibility index (Phi) is 4.88. The zero-order valence-corrected chi connectivity index (χ0v) is 23.0. The molecule has 6 rings (SSSR count). The van der Waals surface area contributed by atoms with E-state index in [9.17, 15) is 0 Å². The Bertz CT molecular complexity index is 613. The van der Waals surface area contributed by atoms with E-state index in [4.69, 9.17) is 0 Å². The third-order valence-corrected chi connectivity index (χ3v) is 18.2. The van der Waals surface area contributed by atoms with Crippen LogP contribution in [0.25, 0.3) is 0 Å². The van der Waals surface area contributed by atoms with Gasteiger partial charge in [0.2, 0.25) is 0 Å². The first-order valence-electron chi connectivity index (χ1n) is 14.1. The highest BCUT2D eigenvalue weighted by molar-refractivity contribution is 6.78. The van der Waals surface area contributed by atoms with Crippen LogP contribution in [0.5, 0.6) is 0 Å². The molecule has 30 heavy (non-hydrogen) atoms. The summed E-state index contributed by atoms with van der Waals surface area (Å²) < 4.78 is 0. The van der Waals surface area contributed by atoms with E-state index in [0.717, 1.165) is 58.4 Å². The lowest BCUT2D eigenvalue weighted by Crippen LogP contribution is -2.50. The quantitative estimate of drug-likeness (QED) is 0.376. The van der Waals surface area contributed by atoms with Gasteiger partial charge in [0.15, 0.2) is 0 Å². The molecule has 0 heterocycles. The van der Waals surface area contributed by atoms with Gasteiger partial charge in [0.25, 0.3) is 0 Å². The molecule has 0 spiro atoms. The maximum atomic E-state index is 2.72. The Labute approximate surface area is 189 Å². The van der Waals surface area contributed by atoms with Crippen molar-refractivity contribution in [3.8, 4) is 0 Å². The molecule has 6 aliphatic carbocycles. The van der Waals surface area contributed by atoms with Crippen molar-refractivity contribution in [2.24, 2.45) is 59.2 Å². The first kappa shape index (κ1) is 21.0. The van der Waals surface area contributed by atoms with Crippen molar-refractivity contribution in [3.05, 3.63) is 0 Å². The van der Waals surface area contributed by atoms with E-state index in [1.54, 1.807) is 64.2 Å². The van der Waals surface area contributed by atoms with E-state index in [1.165, 1.54) is 11.8 Å². The minimum absolute atomic E-state index is 1.03. The van der Waals surface area contributed by atoms with Crippen LogP contribution in [0.3, 0.4) is 0 Å². The molecule has 2 heteroatoms. The van der Waals surface area contributed by atoms with Crippen LogP contribution < -0.4 is 0 Å². The predicted molar refractivity (Wildman–Crippen MR) is 135 cm³/mol. The molecule has 6 saturated carbocycles. The molecule has 0 aromatic carbocycles. The normalized spacial score (nSPS) is 55.0. The summed E-state index contributed by atoms with van der Waals surface area (Å²) in [6, 6.07) is 0. The van der Waals surface area contributed by atoms with E-state index >= 15 is 0 Å². The van der Waals surface area contributed by atoms with Crippen LogP contribution in [-0.4, -0.2) is 16.1 Å². The van der Waals surface area contributed by atoms with E-state index in [-0.39, 0.29) is 0 Å². The largest absolute Gasteiger partial charge is 0.0693 e. The summed E-state index contributed by atoms with van der Waals surface area (Å²) in [6.45, 7) is 16.3. The molecule has 0 saturated heterocycles. The smallest absolute Gasteiger partial charge is 0.0476 e. The monoisotopic (exact) mass is 442 g/mol. The minimum atomic E-state index is -1.03. The van der Waals surface area contributed by atoms with Gasteiger partial charge in [0.1, 0.15) is 0 Å². The highest BCUT2D eigenvalue weighted by Gasteiger charge is 2.63. The lowest BCUT2D eigenvalue weighted by atomic mass is 9.48. The van der Waals surface area contributed by atoms with Gasteiger partial charge in [-0.05, 0) is 95.9 Å². The van der Waals surface area contributed by atoms with Crippen molar-refractivity contribution in [2.75, 3.05) is 0 Å². The number of fused-ring (bicyclic) bond motifs is 3. The summed E-state index contributed by atoms with van der Waals surface area (Å²) in [5, 5.41) is 0. The topological polar surface area (TPSA) is 0 Å². The van der Waals surface area contributed by atoms with E-state index in [0.29, 0.717) is 0 Å². The van der Waals surface area contributed by atoms with Crippen LogP contribution in [0.15, 0.2) is 0 Å². The fourth-order valence-electron chi connectivity index (χ4n) is 11.7. The van der Waals surface area contributed by atoms with Gasteiger partial charge in [0, 0.05) is 16.1 Å². The molecule has 6 fully saturated rings. The second kappa shape index (κ2) is 6.97. The summed E-state index contributed by atoms with van der Waals surface area (Å²) in [4.78, 5) is 0. The molecule has 0 amide bonds. The molecule has 0 bridgehead atoms.